The van der Waals surface area contributed by atoms with Crippen LogP contribution in [0.5, 0.6) is 0 Å². The number of rotatable bonds is 6. The molecule has 0 aliphatic carbocycles. The van der Waals surface area contributed by atoms with Gasteiger partial charge in [-0.25, -0.2) is 8.91 Å². The molecular weight excluding hydrogens is 375 g/mol. The van der Waals surface area contributed by atoms with E-state index in [9.17, 15) is 14.0 Å². The fraction of sp³-hybridized carbons (Fsp3) is 0.190. The van der Waals surface area contributed by atoms with Gasteiger partial charge in [0.2, 0.25) is 0 Å². The number of carbonyl (C=O) groups excluding carboxylic acids is 1. The topological polar surface area (TPSA) is 77.6 Å². The summed E-state index contributed by atoms with van der Waals surface area (Å²) in [6.07, 6.45) is 0. The molecule has 8 heteroatoms. The summed E-state index contributed by atoms with van der Waals surface area (Å²) in [6, 6.07) is 15.0. The van der Waals surface area contributed by atoms with Gasteiger partial charge in [0.15, 0.2) is 5.69 Å². The van der Waals surface area contributed by atoms with Gasteiger partial charge in [-0.3, -0.25) is 9.59 Å². The molecule has 29 heavy (non-hydrogen) atoms. The van der Waals surface area contributed by atoms with Crippen molar-refractivity contribution in [2.24, 2.45) is 0 Å². The van der Waals surface area contributed by atoms with Crippen LogP contribution in [0.15, 0.2) is 59.4 Å². The van der Waals surface area contributed by atoms with Gasteiger partial charge in [-0.05, 0) is 18.2 Å². The van der Waals surface area contributed by atoms with E-state index in [1.54, 1.807) is 29.9 Å². The number of hydrogen-bond donors (Lipinski definition) is 1. The van der Waals surface area contributed by atoms with Crippen molar-refractivity contribution in [3.05, 3.63) is 82.0 Å². The molecule has 2 heterocycles. The number of nitrogens with zero attached hydrogens (tertiary/aromatic N) is 3. The van der Waals surface area contributed by atoms with Crippen LogP contribution in [0.3, 0.4) is 0 Å². The molecule has 4 rings (SSSR count). The maximum Gasteiger partial charge on any atom is 0.277 e. The molecule has 1 amide bonds. The van der Waals surface area contributed by atoms with Gasteiger partial charge in [0.05, 0.1) is 17.6 Å². The Morgan fingerprint density at radius 2 is 1.83 bits per heavy atom. The quantitative estimate of drug-likeness (QED) is 0.545. The van der Waals surface area contributed by atoms with Gasteiger partial charge in [0.1, 0.15) is 11.3 Å². The summed E-state index contributed by atoms with van der Waals surface area (Å²) in [7, 11) is 1.57. The summed E-state index contributed by atoms with van der Waals surface area (Å²) in [5.41, 5.74) is 1.89. The van der Waals surface area contributed by atoms with Crippen LogP contribution in [0.25, 0.3) is 16.6 Å². The highest BCUT2D eigenvalue weighted by Gasteiger charge is 2.17. The predicted octanol–water partition coefficient (Wildman–Crippen LogP) is 2.36. The van der Waals surface area contributed by atoms with Crippen molar-refractivity contribution in [1.82, 2.24) is 19.5 Å². The minimum Gasteiger partial charge on any atom is -0.383 e. The molecule has 0 atom stereocenters. The van der Waals surface area contributed by atoms with E-state index < -0.39 is 11.7 Å². The number of amides is 1. The maximum atomic E-state index is 13.8. The number of hydrogen-bond acceptors (Lipinski definition) is 4. The van der Waals surface area contributed by atoms with Crippen molar-refractivity contribution in [3.8, 4) is 0 Å². The van der Waals surface area contributed by atoms with E-state index in [1.807, 2.05) is 24.3 Å². The van der Waals surface area contributed by atoms with Crippen LogP contribution in [0.1, 0.15) is 16.1 Å². The Labute approximate surface area is 165 Å². The van der Waals surface area contributed by atoms with Gasteiger partial charge < -0.3 is 14.6 Å². The van der Waals surface area contributed by atoms with Crippen molar-refractivity contribution in [3.63, 3.8) is 0 Å². The summed E-state index contributed by atoms with van der Waals surface area (Å²) >= 11 is 0. The lowest BCUT2D eigenvalue weighted by Crippen LogP contribution is -2.24. The predicted molar refractivity (Wildman–Crippen MR) is 106 cm³/mol. The first kappa shape index (κ1) is 18.8. The molecule has 7 nitrogen and oxygen atoms in total. The lowest BCUT2D eigenvalue weighted by atomic mass is 10.2. The highest BCUT2D eigenvalue weighted by molar-refractivity contribution is 5.94. The Balaban J connectivity index is 1.73. The highest BCUT2D eigenvalue weighted by atomic mass is 19.1. The Hall–Kier alpha value is -3.52. The fourth-order valence-corrected chi connectivity index (χ4v) is 3.26. The van der Waals surface area contributed by atoms with E-state index in [0.717, 1.165) is 0 Å². The first-order valence-corrected chi connectivity index (χ1v) is 9.12. The van der Waals surface area contributed by atoms with Crippen molar-refractivity contribution < 1.29 is 13.9 Å². The summed E-state index contributed by atoms with van der Waals surface area (Å²) in [5, 5.41) is 6.97. The molecule has 0 aliphatic heterocycles. The van der Waals surface area contributed by atoms with E-state index >= 15 is 0 Å². The molecule has 0 saturated carbocycles. The lowest BCUT2D eigenvalue weighted by Gasteiger charge is -2.11. The average Bonchev–Trinajstić information content (AvgIpc) is 3.19. The van der Waals surface area contributed by atoms with Crippen LogP contribution >= 0.6 is 0 Å². The second-order valence-electron chi connectivity index (χ2n) is 6.54. The SMILES string of the molecule is COCCn1c(=O)c2cc(C(=O)NCc3ccccc3F)nn2c2ccccc21. The largest absolute Gasteiger partial charge is 0.383 e. The summed E-state index contributed by atoms with van der Waals surface area (Å²) < 4.78 is 21.9. The Morgan fingerprint density at radius 1 is 1.10 bits per heavy atom. The summed E-state index contributed by atoms with van der Waals surface area (Å²) in [6.45, 7) is 0.786. The number of aromatic nitrogens is 3. The third kappa shape index (κ3) is 3.50. The monoisotopic (exact) mass is 394 g/mol. The number of fused-ring (bicyclic) bond motifs is 3. The van der Waals surface area contributed by atoms with E-state index in [2.05, 4.69) is 10.4 Å². The van der Waals surface area contributed by atoms with Crippen molar-refractivity contribution in [1.29, 1.82) is 0 Å². The van der Waals surface area contributed by atoms with Crippen LogP contribution in [0.4, 0.5) is 4.39 Å². The average molecular weight is 394 g/mol. The Morgan fingerprint density at radius 3 is 2.59 bits per heavy atom. The molecule has 0 aliphatic rings. The Kier molecular flexibility index (Phi) is 5.09. The number of methoxy groups -OCH3 is 1. The van der Waals surface area contributed by atoms with Gasteiger partial charge in [-0.2, -0.15) is 5.10 Å². The van der Waals surface area contributed by atoms with E-state index in [0.29, 0.717) is 29.7 Å². The first-order chi connectivity index (χ1) is 14.1. The zero-order valence-electron chi connectivity index (χ0n) is 15.8. The molecule has 0 saturated heterocycles. The van der Waals surface area contributed by atoms with E-state index in [-0.39, 0.29) is 23.3 Å². The third-order valence-electron chi connectivity index (χ3n) is 4.72. The number of benzene rings is 2. The van der Waals surface area contributed by atoms with Gasteiger partial charge in [-0.15, -0.1) is 0 Å². The second kappa shape index (κ2) is 7.84. The minimum atomic E-state index is -0.483. The smallest absolute Gasteiger partial charge is 0.277 e. The van der Waals surface area contributed by atoms with Crippen molar-refractivity contribution in [2.75, 3.05) is 13.7 Å². The molecule has 0 spiro atoms. The number of halogens is 1. The summed E-state index contributed by atoms with van der Waals surface area (Å²) in [5.74, 6) is -0.876. The standard InChI is InChI=1S/C21H19FN4O3/c1-29-11-10-25-17-8-4-5-9-18(17)26-19(21(25)28)12-16(24-26)20(27)23-13-14-6-2-3-7-15(14)22/h2-9,12H,10-11,13H2,1H3,(H,23,27). The van der Waals surface area contributed by atoms with E-state index in [4.69, 9.17) is 4.74 Å². The van der Waals surface area contributed by atoms with Gasteiger partial charge >= 0.3 is 0 Å². The normalized spacial score (nSPS) is 11.2. The molecule has 0 fully saturated rings. The molecule has 0 unspecified atom stereocenters. The number of ether oxygens (including phenoxy) is 1. The summed E-state index contributed by atoms with van der Waals surface area (Å²) in [4.78, 5) is 25.5. The van der Waals surface area contributed by atoms with Crippen molar-refractivity contribution >= 4 is 22.5 Å². The molecule has 1 N–H and O–H groups in total. The van der Waals surface area contributed by atoms with Crippen LogP contribution < -0.4 is 10.9 Å². The van der Waals surface area contributed by atoms with Gasteiger partial charge in [0.25, 0.3) is 11.5 Å². The van der Waals surface area contributed by atoms with Crippen LogP contribution in [-0.2, 0) is 17.8 Å². The highest BCUT2D eigenvalue weighted by Crippen LogP contribution is 2.15. The van der Waals surface area contributed by atoms with E-state index in [1.165, 1.54) is 16.6 Å². The Bertz CT molecular complexity index is 1260. The molecule has 0 bridgehead atoms. The number of nitrogens with one attached hydrogen (secondary N) is 1. The molecule has 4 aromatic rings. The number of para-hydroxylation sites is 2. The third-order valence-corrected chi connectivity index (χ3v) is 4.72. The molecule has 0 radical (unpaired) electrons. The molecular formula is C21H19FN4O3. The zero-order valence-corrected chi connectivity index (χ0v) is 15.8. The molecule has 2 aromatic carbocycles. The fourth-order valence-electron chi connectivity index (χ4n) is 3.26. The maximum absolute atomic E-state index is 13.8. The number of carbonyl (C=O) groups is 1. The van der Waals surface area contributed by atoms with Crippen LogP contribution in [0, 0.1) is 5.82 Å². The van der Waals surface area contributed by atoms with Gasteiger partial charge in [0, 0.05) is 31.8 Å². The molecule has 2 aromatic heterocycles. The van der Waals surface area contributed by atoms with Gasteiger partial charge in [-0.1, -0.05) is 30.3 Å². The van der Waals surface area contributed by atoms with Crippen molar-refractivity contribution in [2.45, 2.75) is 13.1 Å². The zero-order chi connectivity index (χ0) is 20.4. The van der Waals surface area contributed by atoms with Crippen LogP contribution in [-0.4, -0.2) is 33.8 Å². The first-order valence-electron chi connectivity index (χ1n) is 9.12. The molecule has 148 valence electrons. The second-order valence-corrected chi connectivity index (χ2v) is 6.54. The minimum absolute atomic E-state index is 0.0260. The lowest BCUT2D eigenvalue weighted by molar-refractivity contribution is 0.0945. The van der Waals surface area contributed by atoms with Crippen LogP contribution in [0.2, 0.25) is 0 Å².